The average molecular weight is 174 g/mol. The molecule has 2 aromatic heterocycles. The van der Waals surface area contributed by atoms with E-state index in [9.17, 15) is 4.79 Å². The number of aromatic nitrogens is 2. The van der Waals surface area contributed by atoms with Crippen LogP contribution in [0.2, 0.25) is 0 Å². The molecule has 0 amide bonds. The molecule has 0 aromatic carbocycles. The van der Waals surface area contributed by atoms with Crippen molar-refractivity contribution in [1.82, 2.24) is 9.97 Å². The van der Waals surface area contributed by atoms with Gasteiger partial charge in [-0.2, -0.15) is 0 Å². The van der Waals surface area contributed by atoms with Crippen LogP contribution >= 0.6 is 0 Å². The van der Waals surface area contributed by atoms with Crippen LogP contribution in [0, 0.1) is 6.92 Å². The van der Waals surface area contributed by atoms with Crippen LogP contribution in [-0.2, 0) is 0 Å². The first-order chi connectivity index (χ1) is 6.20. The minimum Gasteiger partial charge on any atom is -0.361 e. The molecule has 0 atom stereocenters. The van der Waals surface area contributed by atoms with E-state index in [1.54, 1.807) is 6.20 Å². The van der Waals surface area contributed by atoms with Gasteiger partial charge in [0.1, 0.15) is 5.69 Å². The van der Waals surface area contributed by atoms with Crippen LogP contribution in [0.25, 0.3) is 10.9 Å². The number of aromatic amines is 1. The second-order valence-electron chi connectivity index (χ2n) is 3.11. The standard InChI is InChI=1S/C10H10N2O/c1-6-5-12-8-3-4-11-10(7(2)13)9(6)8/h3-5,12H,1-2H3. The van der Waals surface area contributed by atoms with Gasteiger partial charge in [0, 0.05) is 30.2 Å². The summed E-state index contributed by atoms with van der Waals surface area (Å²) in [6, 6.07) is 1.87. The molecule has 3 heteroatoms. The van der Waals surface area contributed by atoms with E-state index in [2.05, 4.69) is 9.97 Å². The first kappa shape index (κ1) is 7.98. The van der Waals surface area contributed by atoms with E-state index < -0.39 is 0 Å². The summed E-state index contributed by atoms with van der Waals surface area (Å²) in [6.45, 7) is 3.50. The molecule has 1 N–H and O–H groups in total. The van der Waals surface area contributed by atoms with E-state index in [-0.39, 0.29) is 5.78 Å². The molecule has 2 heterocycles. The zero-order valence-electron chi connectivity index (χ0n) is 7.59. The summed E-state index contributed by atoms with van der Waals surface area (Å²) in [7, 11) is 0. The van der Waals surface area contributed by atoms with Crippen LogP contribution in [0.1, 0.15) is 23.0 Å². The lowest BCUT2D eigenvalue weighted by atomic mass is 10.1. The highest BCUT2D eigenvalue weighted by Gasteiger charge is 2.09. The third kappa shape index (κ3) is 1.13. The van der Waals surface area contributed by atoms with Gasteiger partial charge in [-0.3, -0.25) is 9.78 Å². The van der Waals surface area contributed by atoms with E-state index in [4.69, 9.17) is 0 Å². The predicted octanol–water partition coefficient (Wildman–Crippen LogP) is 2.07. The molecule has 13 heavy (non-hydrogen) atoms. The Hall–Kier alpha value is -1.64. The molecular formula is C10H10N2O. The second-order valence-corrected chi connectivity index (χ2v) is 3.11. The minimum absolute atomic E-state index is 0.00769. The number of pyridine rings is 1. The number of carbonyl (C=O) groups excluding carboxylic acids is 1. The average Bonchev–Trinajstić information content (AvgIpc) is 2.48. The summed E-state index contributed by atoms with van der Waals surface area (Å²) in [6.07, 6.45) is 3.54. The van der Waals surface area contributed by atoms with E-state index in [1.807, 2.05) is 19.2 Å². The maximum Gasteiger partial charge on any atom is 0.178 e. The van der Waals surface area contributed by atoms with Crippen molar-refractivity contribution in [2.75, 3.05) is 0 Å². The van der Waals surface area contributed by atoms with Gasteiger partial charge in [-0.1, -0.05) is 0 Å². The fourth-order valence-corrected chi connectivity index (χ4v) is 1.51. The number of Topliss-reactive ketones (excluding diaryl/α,β-unsaturated/α-hetero) is 1. The molecule has 2 rings (SSSR count). The van der Waals surface area contributed by atoms with Crippen molar-refractivity contribution < 1.29 is 4.79 Å². The van der Waals surface area contributed by atoms with Crippen LogP contribution in [0.15, 0.2) is 18.5 Å². The number of H-pyrrole nitrogens is 1. The zero-order valence-corrected chi connectivity index (χ0v) is 7.59. The number of hydrogen-bond acceptors (Lipinski definition) is 2. The summed E-state index contributed by atoms with van der Waals surface area (Å²) < 4.78 is 0. The molecule has 0 radical (unpaired) electrons. The Balaban J connectivity index is 2.88. The van der Waals surface area contributed by atoms with E-state index in [0.29, 0.717) is 5.69 Å². The van der Waals surface area contributed by atoms with Gasteiger partial charge in [-0.15, -0.1) is 0 Å². The van der Waals surface area contributed by atoms with Gasteiger partial charge >= 0.3 is 0 Å². The molecule has 0 unspecified atom stereocenters. The topological polar surface area (TPSA) is 45.8 Å². The first-order valence-corrected chi connectivity index (χ1v) is 4.14. The number of nitrogens with one attached hydrogen (secondary N) is 1. The van der Waals surface area contributed by atoms with Gasteiger partial charge < -0.3 is 4.98 Å². The summed E-state index contributed by atoms with van der Waals surface area (Å²) in [5, 5.41) is 0.940. The normalized spacial score (nSPS) is 10.6. The van der Waals surface area contributed by atoms with Crippen LogP contribution in [0.3, 0.4) is 0 Å². The zero-order chi connectivity index (χ0) is 9.42. The minimum atomic E-state index is 0.00769. The van der Waals surface area contributed by atoms with Crippen LogP contribution in [-0.4, -0.2) is 15.8 Å². The van der Waals surface area contributed by atoms with Crippen molar-refractivity contribution >= 4 is 16.7 Å². The monoisotopic (exact) mass is 174 g/mol. The smallest absolute Gasteiger partial charge is 0.178 e. The molecule has 0 fully saturated rings. The number of aryl methyl sites for hydroxylation is 1. The fraction of sp³-hybridized carbons (Fsp3) is 0.200. The van der Waals surface area contributed by atoms with Crippen LogP contribution in [0.5, 0.6) is 0 Å². The van der Waals surface area contributed by atoms with Crippen molar-refractivity contribution in [3.63, 3.8) is 0 Å². The van der Waals surface area contributed by atoms with Crippen molar-refractivity contribution in [3.8, 4) is 0 Å². The van der Waals surface area contributed by atoms with Crippen molar-refractivity contribution in [2.24, 2.45) is 0 Å². The third-order valence-corrected chi connectivity index (χ3v) is 2.12. The van der Waals surface area contributed by atoms with Crippen molar-refractivity contribution in [3.05, 3.63) is 29.7 Å². The Morgan fingerprint density at radius 2 is 2.31 bits per heavy atom. The van der Waals surface area contributed by atoms with Crippen LogP contribution in [0.4, 0.5) is 0 Å². The lowest BCUT2D eigenvalue weighted by Crippen LogP contribution is -1.96. The second kappa shape index (κ2) is 2.69. The number of nitrogens with zero attached hydrogens (tertiary/aromatic N) is 1. The SMILES string of the molecule is CC(=O)c1nccc2[nH]cc(C)c12. The summed E-state index contributed by atoms with van der Waals surface area (Å²) >= 11 is 0. The number of rotatable bonds is 1. The highest BCUT2D eigenvalue weighted by Crippen LogP contribution is 2.19. The molecule has 0 aliphatic carbocycles. The predicted molar refractivity (Wildman–Crippen MR) is 50.8 cm³/mol. The summed E-state index contributed by atoms with van der Waals surface area (Å²) in [4.78, 5) is 18.4. The Morgan fingerprint density at radius 3 is 3.00 bits per heavy atom. The molecule has 66 valence electrons. The summed E-state index contributed by atoms with van der Waals surface area (Å²) in [5.41, 5.74) is 2.59. The largest absolute Gasteiger partial charge is 0.361 e. The molecule has 0 aliphatic heterocycles. The summed E-state index contributed by atoms with van der Waals surface area (Å²) in [5.74, 6) is 0.00769. The van der Waals surface area contributed by atoms with Gasteiger partial charge in [-0.05, 0) is 18.6 Å². The van der Waals surface area contributed by atoms with E-state index in [0.717, 1.165) is 16.5 Å². The highest BCUT2D eigenvalue weighted by molar-refractivity contribution is 6.05. The number of fused-ring (bicyclic) bond motifs is 1. The van der Waals surface area contributed by atoms with Gasteiger partial charge in [0.15, 0.2) is 5.78 Å². The quantitative estimate of drug-likeness (QED) is 0.673. The van der Waals surface area contributed by atoms with E-state index in [1.165, 1.54) is 6.92 Å². The first-order valence-electron chi connectivity index (χ1n) is 4.14. The molecule has 0 saturated carbocycles. The Kier molecular flexibility index (Phi) is 1.65. The number of hydrogen-bond donors (Lipinski definition) is 1. The Labute approximate surface area is 75.8 Å². The lowest BCUT2D eigenvalue weighted by molar-refractivity contribution is 0.101. The van der Waals surface area contributed by atoms with E-state index >= 15 is 0 Å². The van der Waals surface area contributed by atoms with Crippen molar-refractivity contribution in [2.45, 2.75) is 13.8 Å². The highest BCUT2D eigenvalue weighted by atomic mass is 16.1. The van der Waals surface area contributed by atoms with Gasteiger partial charge in [0.05, 0.1) is 0 Å². The third-order valence-electron chi connectivity index (χ3n) is 2.12. The van der Waals surface area contributed by atoms with Gasteiger partial charge in [0.2, 0.25) is 0 Å². The molecule has 0 spiro atoms. The molecular weight excluding hydrogens is 164 g/mol. The Morgan fingerprint density at radius 1 is 1.54 bits per heavy atom. The van der Waals surface area contributed by atoms with Crippen molar-refractivity contribution in [1.29, 1.82) is 0 Å². The maximum absolute atomic E-state index is 11.2. The molecule has 0 saturated heterocycles. The molecule has 0 aliphatic rings. The Bertz CT molecular complexity index is 471. The van der Waals surface area contributed by atoms with Gasteiger partial charge in [-0.25, -0.2) is 0 Å². The molecule has 2 aromatic rings. The lowest BCUT2D eigenvalue weighted by Gasteiger charge is -1.97. The molecule has 3 nitrogen and oxygen atoms in total. The number of carbonyl (C=O) groups is 1. The van der Waals surface area contributed by atoms with Gasteiger partial charge in [0.25, 0.3) is 0 Å². The van der Waals surface area contributed by atoms with Crippen LogP contribution < -0.4 is 0 Å². The number of ketones is 1. The fourth-order valence-electron chi connectivity index (χ4n) is 1.51. The maximum atomic E-state index is 11.2. The molecule has 0 bridgehead atoms.